The maximum atomic E-state index is 10.2. The first-order chi connectivity index (χ1) is 5.74. The molecule has 1 aromatic heterocycles. The summed E-state index contributed by atoms with van der Waals surface area (Å²) in [6, 6.07) is 1.52. The standard InChI is InChI=1S/C6H7N3O2S/c7-8-2-1-5-3-6(9(10)11)12-4-5/h2-4H,1,7H2. The lowest BCUT2D eigenvalue weighted by Crippen LogP contribution is -1.87. The van der Waals surface area contributed by atoms with Crippen molar-refractivity contribution >= 4 is 22.6 Å². The second-order valence-corrected chi connectivity index (χ2v) is 2.98. The van der Waals surface area contributed by atoms with E-state index in [1.54, 1.807) is 5.38 Å². The molecule has 0 aromatic carbocycles. The molecule has 0 amide bonds. The fourth-order valence-corrected chi connectivity index (χ4v) is 1.47. The fraction of sp³-hybridized carbons (Fsp3) is 0.167. The zero-order valence-corrected chi connectivity index (χ0v) is 6.95. The van der Waals surface area contributed by atoms with Crippen molar-refractivity contribution in [1.82, 2.24) is 0 Å². The molecule has 1 aromatic rings. The van der Waals surface area contributed by atoms with Crippen LogP contribution < -0.4 is 5.84 Å². The molecule has 0 aliphatic rings. The molecule has 0 aliphatic carbocycles. The van der Waals surface area contributed by atoms with Crippen molar-refractivity contribution in [3.05, 3.63) is 27.1 Å². The average Bonchev–Trinajstić information content (AvgIpc) is 2.48. The molecular weight excluding hydrogens is 178 g/mol. The van der Waals surface area contributed by atoms with E-state index in [1.807, 2.05) is 0 Å². The summed E-state index contributed by atoms with van der Waals surface area (Å²) in [5.41, 5.74) is 0.862. The van der Waals surface area contributed by atoms with Gasteiger partial charge < -0.3 is 5.84 Å². The SMILES string of the molecule is NN=CCc1csc([N+](=O)[O-])c1. The lowest BCUT2D eigenvalue weighted by atomic mass is 10.3. The Balaban J connectivity index is 2.70. The maximum absolute atomic E-state index is 10.2. The number of hydrogen-bond donors (Lipinski definition) is 1. The molecule has 0 atom stereocenters. The van der Waals surface area contributed by atoms with E-state index in [0.29, 0.717) is 6.42 Å². The molecule has 0 radical (unpaired) electrons. The van der Waals surface area contributed by atoms with E-state index in [0.717, 1.165) is 16.9 Å². The summed E-state index contributed by atoms with van der Waals surface area (Å²) in [5.74, 6) is 4.88. The predicted octanol–water partition coefficient (Wildman–Crippen LogP) is 1.14. The summed E-state index contributed by atoms with van der Waals surface area (Å²) >= 11 is 1.11. The lowest BCUT2D eigenvalue weighted by Gasteiger charge is -1.83. The quantitative estimate of drug-likeness (QED) is 0.332. The van der Waals surface area contributed by atoms with Crippen LogP contribution in [0.4, 0.5) is 5.00 Å². The van der Waals surface area contributed by atoms with Gasteiger partial charge in [-0.3, -0.25) is 10.1 Å². The zero-order chi connectivity index (χ0) is 8.97. The van der Waals surface area contributed by atoms with Gasteiger partial charge in [0, 0.05) is 24.1 Å². The van der Waals surface area contributed by atoms with Crippen molar-refractivity contribution in [3.8, 4) is 0 Å². The summed E-state index contributed by atoms with van der Waals surface area (Å²) in [5, 5.41) is 15.4. The molecule has 2 N–H and O–H groups in total. The van der Waals surface area contributed by atoms with E-state index < -0.39 is 4.92 Å². The molecule has 0 aliphatic heterocycles. The molecule has 0 saturated carbocycles. The Morgan fingerprint density at radius 3 is 3.08 bits per heavy atom. The minimum Gasteiger partial charge on any atom is -0.324 e. The number of nitrogens with two attached hydrogens (primary N) is 1. The van der Waals surface area contributed by atoms with Crippen LogP contribution in [-0.4, -0.2) is 11.1 Å². The molecule has 0 bridgehead atoms. The van der Waals surface area contributed by atoms with Crippen LogP contribution in [0, 0.1) is 10.1 Å². The van der Waals surface area contributed by atoms with Crippen LogP contribution >= 0.6 is 11.3 Å². The van der Waals surface area contributed by atoms with Gasteiger partial charge in [0.1, 0.15) is 0 Å². The highest BCUT2D eigenvalue weighted by atomic mass is 32.1. The summed E-state index contributed by atoms with van der Waals surface area (Å²) in [7, 11) is 0. The second kappa shape index (κ2) is 3.82. The van der Waals surface area contributed by atoms with Crippen LogP contribution in [0.2, 0.25) is 0 Å². The fourth-order valence-electron chi connectivity index (χ4n) is 0.724. The van der Waals surface area contributed by atoms with E-state index in [-0.39, 0.29) is 5.00 Å². The van der Waals surface area contributed by atoms with E-state index in [9.17, 15) is 10.1 Å². The van der Waals surface area contributed by atoms with E-state index in [2.05, 4.69) is 5.10 Å². The van der Waals surface area contributed by atoms with Gasteiger partial charge in [-0.2, -0.15) is 5.10 Å². The molecule has 0 saturated heterocycles. The molecule has 0 spiro atoms. The number of thiophene rings is 1. The molecular formula is C6H7N3O2S. The Morgan fingerprint density at radius 1 is 1.83 bits per heavy atom. The van der Waals surface area contributed by atoms with E-state index in [4.69, 9.17) is 5.84 Å². The molecule has 1 heterocycles. The van der Waals surface area contributed by atoms with Crippen LogP contribution in [0.3, 0.4) is 0 Å². The Morgan fingerprint density at radius 2 is 2.58 bits per heavy atom. The zero-order valence-electron chi connectivity index (χ0n) is 6.14. The van der Waals surface area contributed by atoms with Gasteiger partial charge >= 0.3 is 5.00 Å². The van der Waals surface area contributed by atoms with Gasteiger partial charge in [-0.15, -0.1) is 0 Å². The summed E-state index contributed by atoms with van der Waals surface area (Å²) in [4.78, 5) is 9.84. The first-order valence-electron chi connectivity index (χ1n) is 3.17. The number of hydrazone groups is 1. The van der Waals surface area contributed by atoms with Gasteiger partial charge in [0.25, 0.3) is 0 Å². The van der Waals surface area contributed by atoms with Crippen molar-refractivity contribution in [3.63, 3.8) is 0 Å². The van der Waals surface area contributed by atoms with Crippen molar-refractivity contribution in [2.45, 2.75) is 6.42 Å². The van der Waals surface area contributed by atoms with Crippen molar-refractivity contribution in [2.24, 2.45) is 10.9 Å². The average molecular weight is 185 g/mol. The first kappa shape index (κ1) is 8.66. The maximum Gasteiger partial charge on any atom is 0.324 e. The normalized spacial score (nSPS) is 10.7. The lowest BCUT2D eigenvalue weighted by molar-refractivity contribution is -0.380. The number of rotatable bonds is 3. The predicted molar refractivity (Wildman–Crippen MR) is 47.4 cm³/mol. The highest BCUT2D eigenvalue weighted by Gasteiger charge is 2.07. The van der Waals surface area contributed by atoms with Crippen molar-refractivity contribution < 1.29 is 4.92 Å². The molecule has 5 nitrogen and oxygen atoms in total. The largest absolute Gasteiger partial charge is 0.324 e. The Hall–Kier alpha value is -1.43. The third kappa shape index (κ3) is 2.03. The summed E-state index contributed by atoms with van der Waals surface area (Å²) in [6.45, 7) is 0. The second-order valence-electron chi connectivity index (χ2n) is 2.09. The third-order valence-electron chi connectivity index (χ3n) is 1.25. The van der Waals surface area contributed by atoms with E-state index >= 15 is 0 Å². The van der Waals surface area contributed by atoms with Gasteiger partial charge in [-0.05, 0) is 5.56 Å². The van der Waals surface area contributed by atoms with Crippen LogP contribution in [0.1, 0.15) is 5.56 Å². The van der Waals surface area contributed by atoms with Crippen molar-refractivity contribution in [2.75, 3.05) is 0 Å². The summed E-state index contributed by atoms with van der Waals surface area (Å²) in [6.07, 6.45) is 2.05. The van der Waals surface area contributed by atoms with Crippen LogP contribution in [-0.2, 0) is 6.42 Å². The van der Waals surface area contributed by atoms with E-state index in [1.165, 1.54) is 12.3 Å². The molecule has 64 valence electrons. The topological polar surface area (TPSA) is 81.5 Å². The Kier molecular flexibility index (Phi) is 2.76. The number of hydrogen-bond acceptors (Lipinski definition) is 5. The molecule has 6 heteroatoms. The Labute approximate surface area is 72.7 Å². The molecule has 12 heavy (non-hydrogen) atoms. The van der Waals surface area contributed by atoms with Gasteiger partial charge in [0.2, 0.25) is 0 Å². The Bertz CT molecular complexity index is 307. The first-order valence-corrected chi connectivity index (χ1v) is 4.05. The van der Waals surface area contributed by atoms with Gasteiger partial charge in [-0.25, -0.2) is 0 Å². The molecule has 0 unspecified atom stereocenters. The third-order valence-corrected chi connectivity index (χ3v) is 2.18. The highest BCUT2D eigenvalue weighted by molar-refractivity contribution is 7.13. The number of nitro groups is 1. The van der Waals surface area contributed by atoms with Gasteiger partial charge in [-0.1, -0.05) is 11.3 Å². The van der Waals surface area contributed by atoms with Crippen LogP contribution in [0.25, 0.3) is 0 Å². The smallest absolute Gasteiger partial charge is 0.324 e. The van der Waals surface area contributed by atoms with Crippen LogP contribution in [0.5, 0.6) is 0 Å². The minimum atomic E-state index is -0.409. The minimum absolute atomic E-state index is 0.149. The highest BCUT2D eigenvalue weighted by Crippen LogP contribution is 2.22. The number of nitrogens with zero attached hydrogens (tertiary/aromatic N) is 2. The summed E-state index contributed by atoms with van der Waals surface area (Å²) < 4.78 is 0. The molecule has 1 rings (SSSR count). The molecule has 0 fully saturated rings. The van der Waals surface area contributed by atoms with Gasteiger partial charge in [0.15, 0.2) is 0 Å². The van der Waals surface area contributed by atoms with Crippen molar-refractivity contribution in [1.29, 1.82) is 0 Å². The monoisotopic (exact) mass is 185 g/mol. The van der Waals surface area contributed by atoms with Crippen LogP contribution in [0.15, 0.2) is 16.5 Å². The van der Waals surface area contributed by atoms with Gasteiger partial charge in [0.05, 0.1) is 4.92 Å².